The van der Waals surface area contributed by atoms with Crippen LogP contribution >= 0.6 is 0 Å². The van der Waals surface area contributed by atoms with Crippen LogP contribution in [0, 0.1) is 5.21 Å². The van der Waals surface area contributed by atoms with E-state index in [0.29, 0.717) is 11.2 Å². The van der Waals surface area contributed by atoms with Crippen molar-refractivity contribution in [2.24, 2.45) is 0 Å². The number of rotatable bonds is 2. The maximum Gasteiger partial charge on any atom is 0.249 e. The lowest BCUT2D eigenvalue weighted by Gasteiger charge is -2.09. The number of fused-ring (bicyclic) bond motifs is 1. The maximum atomic E-state index is 11.6. The molecule has 1 aromatic heterocycles. The van der Waals surface area contributed by atoms with E-state index in [1.165, 1.54) is 6.20 Å². The molecule has 0 aliphatic carbocycles. The molecule has 0 atom stereocenters. The molecule has 0 aliphatic rings. The van der Waals surface area contributed by atoms with Crippen LogP contribution in [0.1, 0.15) is 6.92 Å². The van der Waals surface area contributed by atoms with Gasteiger partial charge in [0.2, 0.25) is 5.52 Å². The first-order valence-electron chi connectivity index (χ1n) is 4.88. The smallest absolute Gasteiger partial charge is 0.249 e. The molecule has 0 saturated heterocycles. The molecule has 0 aliphatic heterocycles. The predicted molar refractivity (Wildman–Crippen MR) is 61.5 cm³/mol. The van der Waals surface area contributed by atoms with Gasteiger partial charge in [0.1, 0.15) is 5.69 Å². The van der Waals surface area contributed by atoms with Gasteiger partial charge in [0.05, 0.1) is 5.39 Å². The number of hydrogen-bond acceptors (Lipinski definition) is 3. The van der Waals surface area contributed by atoms with Crippen LogP contribution in [0.4, 0.5) is 11.4 Å². The second kappa shape index (κ2) is 3.65. The second-order valence-corrected chi connectivity index (χ2v) is 3.33. The lowest BCUT2D eigenvalue weighted by atomic mass is 10.1. The van der Waals surface area contributed by atoms with Crippen LogP contribution in [0.3, 0.4) is 0 Å². The molecule has 0 radical (unpaired) electrons. The van der Waals surface area contributed by atoms with E-state index in [9.17, 15) is 5.21 Å². The largest absolute Gasteiger partial charge is 0.618 e. The fraction of sp³-hybridized carbons (Fsp3) is 0.182. The Labute approximate surface area is 87.9 Å². The number of benzene rings is 1. The molecule has 2 aromatic rings. The van der Waals surface area contributed by atoms with Gasteiger partial charge in [0.25, 0.3) is 0 Å². The Bertz CT molecular complexity index is 488. The molecule has 78 valence electrons. The zero-order valence-electron chi connectivity index (χ0n) is 8.53. The highest BCUT2D eigenvalue weighted by Gasteiger charge is 2.10. The van der Waals surface area contributed by atoms with Gasteiger partial charge in [0, 0.05) is 18.3 Å². The van der Waals surface area contributed by atoms with Crippen molar-refractivity contribution in [1.82, 2.24) is 0 Å². The van der Waals surface area contributed by atoms with Crippen molar-refractivity contribution in [3.05, 3.63) is 35.7 Å². The third-order valence-corrected chi connectivity index (χ3v) is 2.32. The lowest BCUT2D eigenvalue weighted by molar-refractivity contribution is -0.576. The Morgan fingerprint density at radius 2 is 2.20 bits per heavy atom. The zero-order valence-corrected chi connectivity index (χ0v) is 8.53. The molecule has 0 amide bonds. The van der Waals surface area contributed by atoms with Crippen molar-refractivity contribution >= 4 is 22.3 Å². The third-order valence-electron chi connectivity index (χ3n) is 2.32. The van der Waals surface area contributed by atoms with Crippen LogP contribution in [0.2, 0.25) is 0 Å². The molecule has 0 fully saturated rings. The number of aromatic nitrogens is 1. The Balaban J connectivity index is 2.76. The summed E-state index contributed by atoms with van der Waals surface area (Å²) in [5.74, 6) is 0. The average molecular weight is 203 g/mol. The molecule has 4 nitrogen and oxygen atoms in total. The Hall–Kier alpha value is -1.97. The number of nitrogen functional groups attached to an aromatic ring is 1. The normalized spacial score (nSPS) is 10.5. The Kier molecular flexibility index (Phi) is 2.33. The fourth-order valence-electron chi connectivity index (χ4n) is 1.68. The first kappa shape index (κ1) is 9.58. The van der Waals surface area contributed by atoms with Crippen LogP contribution in [0.15, 0.2) is 30.5 Å². The van der Waals surface area contributed by atoms with E-state index in [1.54, 1.807) is 12.1 Å². The van der Waals surface area contributed by atoms with Crippen LogP contribution < -0.4 is 15.8 Å². The number of pyridine rings is 1. The van der Waals surface area contributed by atoms with E-state index < -0.39 is 0 Å². The summed E-state index contributed by atoms with van der Waals surface area (Å²) < 4.78 is 0.797. The molecule has 0 saturated carbocycles. The van der Waals surface area contributed by atoms with Gasteiger partial charge < -0.3 is 16.3 Å². The molecule has 2 rings (SSSR count). The molecular formula is C11H13N3O. The Morgan fingerprint density at radius 1 is 1.40 bits per heavy atom. The van der Waals surface area contributed by atoms with Crippen molar-refractivity contribution in [2.75, 3.05) is 17.6 Å². The van der Waals surface area contributed by atoms with E-state index >= 15 is 0 Å². The van der Waals surface area contributed by atoms with Gasteiger partial charge in [-0.05, 0) is 25.1 Å². The summed E-state index contributed by atoms with van der Waals surface area (Å²) in [4.78, 5) is 0. The molecule has 0 spiro atoms. The van der Waals surface area contributed by atoms with Gasteiger partial charge >= 0.3 is 0 Å². The summed E-state index contributed by atoms with van der Waals surface area (Å²) in [6, 6.07) is 7.24. The lowest BCUT2D eigenvalue weighted by Crippen LogP contribution is -2.27. The van der Waals surface area contributed by atoms with Gasteiger partial charge in [-0.2, -0.15) is 4.73 Å². The highest BCUT2D eigenvalue weighted by molar-refractivity contribution is 5.96. The van der Waals surface area contributed by atoms with Crippen LogP contribution in [-0.4, -0.2) is 6.54 Å². The maximum absolute atomic E-state index is 11.6. The van der Waals surface area contributed by atoms with Crippen molar-refractivity contribution in [1.29, 1.82) is 0 Å². The molecule has 4 heteroatoms. The summed E-state index contributed by atoms with van der Waals surface area (Å²) >= 11 is 0. The summed E-state index contributed by atoms with van der Waals surface area (Å²) in [5, 5.41) is 15.6. The minimum atomic E-state index is 0.502. The molecule has 1 heterocycles. The van der Waals surface area contributed by atoms with Crippen LogP contribution in [0.25, 0.3) is 10.9 Å². The van der Waals surface area contributed by atoms with Crippen molar-refractivity contribution in [3.8, 4) is 0 Å². The SMILES string of the molecule is CCNc1ccc(N)c2c1ccc[n+]2[O-]. The molecule has 0 bridgehead atoms. The number of nitrogens with two attached hydrogens (primary N) is 1. The summed E-state index contributed by atoms with van der Waals surface area (Å²) in [7, 11) is 0. The van der Waals surface area contributed by atoms with Gasteiger partial charge in [-0.15, -0.1) is 0 Å². The van der Waals surface area contributed by atoms with Crippen molar-refractivity contribution in [3.63, 3.8) is 0 Å². The van der Waals surface area contributed by atoms with E-state index in [0.717, 1.165) is 22.3 Å². The highest BCUT2D eigenvalue weighted by Crippen LogP contribution is 2.25. The minimum Gasteiger partial charge on any atom is -0.618 e. The summed E-state index contributed by atoms with van der Waals surface area (Å²) in [6.07, 6.45) is 1.45. The first-order chi connectivity index (χ1) is 7.24. The standard InChI is InChI=1S/C11H13N3O/c1-2-13-10-6-5-9(12)11-8(10)4-3-7-14(11)15/h3-7,13H,2,12H2,1H3. The van der Waals surface area contributed by atoms with E-state index in [4.69, 9.17) is 5.73 Å². The molecule has 3 N–H and O–H groups in total. The fourth-order valence-corrected chi connectivity index (χ4v) is 1.68. The monoisotopic (exact) mass is 203 g/mol. The van der Waals surface area contributed by atoms with Gasteiger partial charge in [0.15, 0.2) is 6.20 Å². The molecule has 0 unspecified atom stereocenters. The van der Waals surface area contributed by atoms with Gasteiger partial charge in [-0.1, -0.05) is 0 Å². The second-order valence-electron chi connectivity index (χ2n) is 3.33. The van der Waals surface area contributed by atoms with E-state index in [2.05, 4.69) is 5.32 Å². The zero-order chi connectivity index (χ0) is 10.8. The predicted octanol–water partition coefficient (Wildman–Crippen LogP) is 1.49. The molecule has 1 aromatic carbocycles. The number of anilines is 2. The van der Waals surface area contributed by atoms with Crippen LogP contribution in [0.5, 0.6) is 0 Å². The topological polar surface area (TPSA) is 65.0 Å². The average Bonchev–Trinajstić information content (AvgIpc) is 2.22. The first-order valence-corrected chi connectivity index (χ1v) is 4.88. The van der Waals surface area contributed by atoms with Crippen molar-refractivity contribution < 1.29 is 4.73 Å². The molecule has 15 heavy (non-hydrogen) atoms. The Morgan fingerprint density at radius 3 is 2.93 bits per heavy atom. The van der Waals surface area contributed by atoms with Crippen LogP contribution in [-0.2, 0) is 0 Å². The number of hydrogen-bond donors (Lipinski definition) is 2. The quantitative estimate of drug-likeness (QED) is 0.441. The van der Waals surface area contributed by atoms with Gasteiger partial charge in [-0.3, -0.25) is 0 Å². The summed E-state index contributed by atoms with van der Waals surface area (Å²) in [5.41, 5.74) is 7.74. The molecular weight excluding hydrogens is 190 g/mol. The minimum absolute atomic E-state index is 0.502. The van der Waals surface area contributed by atoms with E-state index in [-0.39, 0.29) is 0 Å². The van der Waals surface area contributed by atoms with E-state index in [1.807, 2.05) is 19.1 Å². The highest BCUT2D eigenvalue weighted by atomic mass is 16.5. The van der Waals surface area contributed by atoms with Gasteiger partial charge in [-0.25, -0.2) is 0 Å². The third kappa shape index (κ3) is 1.54. The number of nitrogens with zero attached hydrogens (tertiary/aromatic N) is 1. The number of nitrogens with one attached hydrogen (secondary N) is 1. The van der Waals surface area contributed by atoms with Crippen molar-refractivity contribution in [2.45, 2.75) is 6.92 Å². The summed E-state index contributed by atoms with van der Waals surface area (Å²) in [6.45, 7) is 2.82.